The topological polar surface area (TPSA) is 102 Å². The Morgan fingerprint density at radius 1 is 1.32 bits per heavy atom. The third kappa shape index (κ3) is 4.36. The smallest absolute Gasteiger partial charge is 0.248 e. The lowest BCUT2D eigenvalue weighted by atomic mass is 10.1. The van der Waals surface area contributed by atoms with E-state index >= 15 is 0 Å². The molecule has 0 saturated carbocycles. The zero-order valence-corrected chi connectivity index (χ0v) is 15.6. The molecule has 9 heteroatoms. The van der Waals surface area contributed by atoms with Crippen LogP contribution in [-0.2, 0) is 4.79 Å². The maximum Gasteiger partial charge on any atom is 0.248 e. The minimum absolute atomic E-state index is 0.00956. The lowest BCUT2D eigenvalue weighted by Crippen LogP contribution is -2.10. The van der Waals surface area contributed by atoms with Crippen molar-refractivity contribution in [2.24, 2.45) is 5.73 Å². The number of aromatic nitrogens is 2. The Bertz CT molecular complexity index is 1060. The predicted molar refractivity (Wildman–Crippen MR) is 108 cm³/mol. The molecule has 0 unspecified atom stereocenters. The van der Waals surface area contributed by atoms with E-state index in [1.165, 1.54) is 37.7 Å². The summed E-state index contributed by atoms with van der Waals surface area (Å²) in [5.41, 5.74) is 6.96. The number of methoxy groups -OCH3 is 1. The van der Waals surface area contributed by atoms with E-state index in [2.05, 4.69) is 20.6 Å². The molecule has 4 N–H and O–H groups in total. The number of benzene rings is 2. The standard InChI is InChI=1S/C19H17ClFN5O2/c1-28-17-9-15-12(8-16(17)26-18(27)3-2-6-22)19(24-10-23-15)25-11-4-5-14(21)13(20)7-11/h2-5,7-10H,6,22H2,1H3,(H,26,27)(H,23,24,25)/b3-2+. The number of halogens is 2. The van der Waals surface area contributed by atoms with Crippen molar-refractivity contribution < 1.29 is 13.9 Å². The molecule has 3 rings (SSSR count). The number of amides is 1. The summed E-state index contributed by atoms with van der Waals surface area (Å²) in [6.45, 7) is 0.254. The molecular weight excluding hydrogens is 385 g/mol. The molecule has 0 spiro atoms. The molecule has 1 amide bonds. The molecule has 144 valence electrons. The minimum Gasteiger partial charge on any atom is -0.494 e. The average Bonchev–Trinajstić information content (AvgIpc) is 2.69. The molecule has 0 atom stereocenters. The maximum absolute atomic E-state index is 13.4. The van der Waals surface area contributed by atoms with Crippen molar-refractivity contribution >= 4 is 45.6 Å². The number of carbonyl (C=O) groups excluding carboxylic acids is 1. The zero-order valence-electron chi connectivity index (χ0n) is 14.9. The molecule has 0 aliphatic rings. The van der Waals surface area contributed by atoms with Crippen LogP contribution in [0.15, 0.2) is 48.8 Å². The van der Waals surface area contributed by atoms with E-state index in [1.54, 1.807) is 18.2 Å². The molecule has 28 heavy (non-hydrogen) atoms. The summed E-state index contributed by atoms with van der Waals surface area (Å²) in [5, 5.41) is 6.43. The SMILES string of the molecule is COc1cc2ncnc(Nc3ccc(F)c(Cl)c3)c2cc1NC(=O)/C=C/CN. The number of hydrogen-bond acceptors (Lipinski definition) is 6. The van der Waals surface area contributed by atoms with Crippen molar-refractivity contribution in [3.63, 3.8) is 0 Å². The van der Waals surface area contributed by atoms with E-state index in [-0.39, 0.29) is 17.5 Å². The highest BCUT2D eigenvalue weighted by molar-refractivity contribution is 6.31. The average molecular weight is 402 g/mol. The van der Waals surface area contributed by atoms with Gasteiger partial charge in [-0.05, 0) is 24.3 Å². The Hall–Kier alpha value is -3.23. The van der Waals surface area contributed by atoms with Crippen LogP contribution in [0.4, 0.5) is 21.6 Å². The monoisotopic (exact) mass is 401 g/mol. The third-order valence-corrected chi connectivity index (χ3v) is 4.09. The van der Waals surface area contributed by atoms with Gasteiger partial charge in [-0.1, -0.05) is 17.7 Å². The highest BCUT2D eigenvalue weighted by Gasteiger charge is 2.12. The van der Waals surface area contributed by atoms with Gasteiger partial charge in [-0.2, -0.15) is 0 Å². The fourth-order valence-electron chi connectivity index (χ4n) is 2.51. The highest BCUT2D eigenvalue weighted by Crippen LogP contribution is 2.33. The normalized spacial score (nSPS) is 11.0. The Morgan fingerprint density at radius 3 is 2.86 bits per heavy atom. The number of nitrogens with two attached hydrogens (primary N) is 1. The van der Waals surface area contributed by atoms with Gasteiger partial charge in [0, 0.05) is 29.8 Å². The Morgan fingerprint density at radius 2 is 2.14 bits per heavy atom. The summed E-state index contributed by atoms with van der Waals surface area (Å²) in [6, 6.07) is 7.62. The van der Waals surface area contributed by atoms with E-state index in [0.717, 1.165) is 0 Å². The van der Waals surface area contributed by atoms with Crippen LogP contribution in [-0.4, -0.2) is 29.5 Å². The van der Waals surface area contributed by atoms with Crippen molar-refractivity contribution in [2.45, 2.75) is 0 Å². The van der Waals surface area contributed by atoms with Crippen LogP contribution in [0.1, 0.15) is 0 Å². The molecule has 0 aliphatic heterocycles. The van der Waals surface area contributed by atoms with Crippen LogP contribution in [0.25, 0.3) is 10.9 Å². The summed E-state index contributed by atoms with van der Waals surface area (Å²) < 4.78 is 18.7. The second-order valence-corrected chi connectivity index (χ2v) is 6.08. The van der Waals surface area contributed by atoms with Crippen LogP contribution in [0.2, 0.25) is 5.02 Å². The first-order chi connectivity index (χ1) is 13.5. The largest absolute Gasteiger partial charge is 0.494 e. The number of carbonyl (C=O) groups is 1. The lowest BCUT2D eigenvalue weighted by Gasteiger charge is -2.13. The van der Waals surface area contributed by atoms with Gasteiger partial charge >= 0.3 is 0 Å². The van der Waals surface area contributed by atoms with Crippen LogP contribution in [0.5, 0.6) is 5.75 Å². The van der Waals surface area contributed by atoms with E-state index in [4.69, 9.17) is 22.1 Å². The van der Waals surface area contributed by atoms with Crippen molar-refractivity contribution in [3.8, 4) is 5.75 Å². The molecule has 0 fully saturated rings. The summed E-state index contributed by atoms with van der Waals surface area (Å²) in [7, 11) is 1.49. The molecule has 0 radical (unpaired) electrons. The van der Waals surface area contributed by atoms with Gasteiger partial charge < -0.3 is 21.1 Å². The second-order valence-electron chi connectivity index (χ2n) is 5.67. The summed E-state index contributed by atoms with van der Waals surface area (Å²) >= 11 is 5.83. The van der Waals surface area contributed by atoms with Crippen LogP contribution < -0.4 is 21.1 Å². The minimum atomic E-state index is -0.514. The van der Waals surface area contributed by atoms with Crippen LogP contribution in [0.3, 0.4) is 0 Å². The van der Waals surface area contributed by atoms with Gasteiger partial charge in [-0.15, -0.1) is 0 Å². The van der Waals surface area contributed by atoms with E-state index in [0.29, 0.717) is 33.8 Å². The first-order valence-electron chi connectivity index (χ1n) is 8.24. The Kier molecular flexibility index (Phi) is 6.03. The number of nitrogens with zero attached hydrogens (tertiary/aromatic N) is 2. The van der Waals surface area contributed by atoms with Crippen molar-refractivity contribution in [1.82, 2.24) is 9.97 Å². The molecule has 0 bridgehead atoms. The molecule has 1 heterocycles. The first-order valence-corrected chi connectivity index (χ1v) is 8.62. The summed E-state index contributed by atoms with van der Waals surface area (Å²) in [6.07, 6.45) is 4.26. The van der Waals surface area contributed by atoms with Crippen molar-refractivity contribution in [2.75, 3.05) is 24.3 Å². The second kappa shape index (κ2) is 8.64. The highest BCUT2D eigenvalue weighted by atomic mass is 35.5. The van der Waals surface area contributed by atoms with Gasteiger partial charge in [0.15, 0.2) is 0 Å². The summed E-state index contributed by atoms with van der Waals surface area (Å²) in [5.74, 6) is 0.0413. The summed E-state index contributed by atoms with van der Waals surface area (Å²) in [4.78, 5) is 20.5. The fourth-order valence-corrected chi connectivity index (χ4v) is 2.69. The number of rotatable bonds is 6. The van der Waals surface area contributed by atoms with Gasteiger partial charge in [0.25, 0.3) is 0 Å². The van der Waals surface area contributed by atoms with Gasteiger partial charge in [-0.3, -0.25) is 4.79 Å². The Labute approximate surface area is 165 Å². The molecule has 0 saturated heterocycles. The third-order valence-electron chi connectivity index (χ3n) is 3.80. The molecular formula is C19H17ClFN5O2. The number of ether oxygens (including phenoxy) is 1. The maximum atomic E-state index is 13.4. The van der Waals surface area contributed by atoms with Crippen molar-refractivity contribution in [3.05, 3.63) is 59.7 Å². The van der Waals surface area contributed by atoms with Crippen molar-refractivity contribution in [1.29, 1.82) is 0 Å². The van der Waals surface area contributed by atoms with Gasteiger partial charge in [0.2, 0.25) is 5.91 Å². The molecule has 1 aromatic heterocycles. The fraction of sp³-hybridized carbons (Fsp3) is 0.105. The van der Waals surface area contributed by atoms with E-state index in [9.17, 15) is 9.18 Å². The van der Waals surface area contributed by atoms with Gasteiger partial charge in [-0.25, -0.2) is 14.4 Å². The van der Waals surface area contributed by atoms with E-state index in [1.807, 2.05) is 0 Å². The Balaban J connectivity index is 2.01. The number of hydrogen-bond donors (Lipinski definition) is 3. The zero-order chi connectivity index (χ0) is 20.1. The number of fused-ring (bicyclic) bond motifs is 1. The van der Waals surface area contributed by atoms with Gasteiger partial charge in [0.1, 0.15) is 23.7 Å². The van der Waals surface area contributed by atoms with Crippen LogP contribution >= 0.6 is 11.6 Å². The first kappa shape index (κ1) is 19.5. The van der Waals surface area contributed by atoms with Crippen LogP contribution in [0, 0.1) is 5.82 Å². The number of anilines is 3. The number of nitrogens with one attached hydrogen (secondary N) is 2. The molecule has 3 aromatic rings. The lowest BCUT2D eigenvalue weighted by molar-refractivity contribution is -0.111. The predicted octanol–water partition coefficient (Wildman–Crippen LogP) is 3.63. The van der Waals surface area contributed by atoms with Gasteiger partial charge in [0.05, 0.1) is 23.3 Å². The van der Waals surface area contributed by atoms with E-state index < -0.39 is 5.82 Å². The molecule has 2 aromatic carbocycles. The molecule has 0 aliphatic carbocycles. The molecule has 7 nitrogen and oxygen atoms in total. The quantitative estimate of drug-likeness (QED) is 0.545.